The minimum Gasteiger partial charge on any atom is -0.381 e. The Kier molecular flexibility index (Phi) is 3.02. The van der Waals surface area contributed by atoms with Crippen molar-refractivity contribution in [2.75, 3.05) is 5.32 Å². The highest BCUT2D eigenvalue weighted by Crippen LogP contribution is 2.30. The fourth-order valence-electron chi connectivity index (χ4n) is 2.38. The largest absolute Gasteiger partial charge is 0.381 e. The van der Waals surface area contributed by atoms with Gasteiger partial charge in [0.15, 0.2) is 0 Å². The second-order valence-corrected chi connectivity index (χ2v) is 4.09. The molecule has 0 radical (unpaired) electrons. The van der Waals surface area contributed by atoms with Gasteiger partial charge < -0.3 is 5.32 Å². The maximum atomic E-state index is 4.12. The predicted octanol–water partition coefficient (Wildman–Crippen LogP) is 3.07. The van der Waals surface area contributed by atoms with Crippen molar-refractivity contribution >= 4 is 5.69 Å². The van der Waals surface area contributed by atoms with Crippen LogP contribution in [0.15, 0.2) is 24.5 Å². The summed E-state index contributed by atoms with van der Waals surface area (Å²) in [5, 5.41) is 3.58. The Morgan fingerprint density at radius 2 is 2.43 bits per heavy atom. The molecule has 2 heteroatoms. The Morgan fingerprint density at radius 3 is 3.14 bits per heavy atom. The lowest BCUT2D eigenvalue weighted by atomic mass is 10.0. The normalized spacial score (nSPS) is 26.4. The van der Waals surface area contributed by atoms with Gasteiger partial charge in [0.05, 0.1) is 5.69 Å². The second-order valence-electron chi connectivity index (χ2n) is 4.09. The van der Waals surface area contributed by atoms with Gasteiger partial charge in [-0.2, -0.15) is 0 Å². The van der Waals surface area contributed by atoms with Crippen LogP contribution < -0.4 is 5.32 Å². The number of rotatable bonds is 3. The lowest BCUT2D eigenvalue weighted by molar-refractivity contribution is 0.489. The Hall–Kier alpha value is -1.05. The van der Waals surface area contributed by atoms with Crippen LogP contribution in [0.25, 0.3) is 0 Å². The Balaban J connectivity index is 1.97. The number of pyridine rings is 1. The number of nitrogens with zero attached hydrogens (tertiary/aromatic N) is 1. The molecule has 14 heavy (non-hydrogen) atoms. The van der Waals surface area contributed by atoms with E-state index in [0.717, 1.165) is 11.6 Å². The van der Waals surface area contributed by atoms with E-state index in [1.165, 1.54) is 25.7 Å². The van der Waals surface area contributed by atoms with Crippen LogP contribution in [0.1, 0.15) is 32.6 Å². The molecule has 2 unspecified atom stereocenters. The molecule has 0 aromatic carbocycles. The van der Waals surface area contributed by atoms with Gasteiger partial charge in [-0.15, -0.1) is 0 Å². The first kappa shape index (κ1) is 9.50. The third-order valence-electron chi connectivity index (χ3n) is 3.20. The van der Waals surface area contributed by atoms with Crippen molar-refractivity contribution in [1.29, 1.82) is 0 Å². The molecule has 0 bridgehead atoms. The molecule has 1 aromatic rings. The van der Waals surface area contributed by atoms with Gasteiger partial charge in [0.1, 0.15) is 0 Å². The Bertz CT molecular complexity index is 271. The lowest BCUT2D eigenvalue weighted by Crippen LogP contribution is -2.23. The van der Waals surface area contributed by atoms with E-state index in [2.05, 4.69) is 23.3 Å². The van der Waals surface area contributed by atoms with Gasteiger partial charge in [-0.05, 0) is 30.9 Å². The molecule has 2 atom stereocenters. The van der Waals surface area contributed by atoms with Crippen molar-refractivity contribution in [2.24, 2.45) is 5.92 Å². The van der Waals surface area contributed by atoms with Gasteiger partial charge in [-0.1, -0.05) is 19.8 Å². The Labute approximate surface area is 85.7 Å². The molecule has 2 rings (SSSR count). The van der Waals surface area contributed by atoms with Crippen LogP contribution in [0.2, 0.25) is 0 Å². The van der Waals surface area contributed by atoms with Gasteiger partial charge in [0.2, 0.25) is 0 Å². The van der Waals surface area contributed by atoms with E-state index in [1.54, 1.807) is 0 Å². The van der Waals surface area contributed by atoms with Gasteiger partial charge in [0.25, 0.3) is 0 Å². The molecule has 0 aliphatic heterocycles. The molecule has 1 aliphatic rings. The van der Waals surface area contributed by atoms with E-state index >= 15 is 0 Å². The highest BCUT2D eigenvalue weighted by molar-refractivity contribution is 5.41. The highest BCUT2D eigenvalue weighted by Gasteiger charge is 2.25. The fourth-order valence-corrected chi connectivity index (χ4v) is 2.38. The molecule has 2 nitrogen and oxygen atoms in total. The summed E-state index contributed by atoms with van der Waals surface area (Å²) in [5.74, 6) is 0.857. The number of hydrogen-bond acceptors (Lipinski definition) is 2. The van der Waals surface area contributed by atoms with E-state index in [0.29, 0.717) is 6.04 Å². The molecule has 0 amide bonds. The van der Waals surface area contributed by atoms with Crippen LogP contribution >= 0.6 is 0 Å². The van der Waals surface area contributed by atoms with Gasteiger partial charge in [-0.25, -0.2) is 0 Å². The summed E-state index contributed by atoms with van der Waals surface area (Å²) in [5.41, 5.74) is 1.16. The summed E-state index contributed by atoms with van der Waals surface area (Å²) in [6.45, 7) is 2.29. The summed E-state index contributed by atoms with van der Waals surface area (Å²) >= 11 is 0. The average Bonchev–Trinajstić information content (AvgIpc) is 2.67. The van der Waals surface area contributed by atoms with Crippen molar-refractivity contribution in [3.05, 3.63) is 24.5 Å². The maximum absolute atomic E-state index is 4.12. The van der Waals surface area contributed by atoms with Gasteiger partial charge in [0, 0.05) is 18.4 Å². The molecule has 1 heterocycles. The first-order valence-corrected chi connectivity index (χ1v) is 5.56. The van der Waals surface area contributed by atoms with Gasteiger partial charge in [-0.3, -0.25) is 4.98 Å². The van der Waals surface area contributed by atoms with E-state index in [9.17, 15) is 0 Å². The third kappa shape index (κ3) is 2.06. The molecule has 1 aromatic heterocycles. The maximum Gasteiger partial charge on any atom is 0.0528 e. The van der Waals surface area contributed by atoms with Crippen LogP contribution in [-0.4, -0.2) is 11.0 Å². The van der Waals surface area contributed by atoms with Crippen molar-refractivity contribution in [3.63, 3.8) is 0 Å². The van der Waals surface area contributed by atoms with E-state index in [4.69, 9.17) is 0 Å². The summed E-state index contributed by atoms with van der Waals surface area (Å²) in [6, 6.07) is 4.75. The molecule has 76 valence electrons. The number of nitrogens with one attached hydrogen (secondary N) is 1. The summed E-state index contributed by atoms with van der Waals surface area (Å²) in [7, 11) is 0. The summed E-state index contributed by atoms with van der Waals surface area (Å²) in [4.78, 5) is 4.12. The molecule has 1 saturated carbocycles. The smallest absolute Gasteiger partial charge is 0.0528 e. The van der Waals surface area contributed by atoms with Crippen LogP contribution in [0.3, 0.4) is 0 Å². The topological polar surface area (TPSA) is 24.9 Å². The first-order valence-electron chi connectivity index (χ1n) is 5.56. The predicted molar refractivity (Wildman–Crippen MR) is 59.3 cm³/mol. The minimum atomic E-state index is 0.671. The lowest BCUT2D eigenvalue weighted by Gasteiger charge is -2.20. The van der Waals surface area contributed by atoms with Crippen LogP contribution in [0.5, 0.6) is 0 Å². The number of anilines is 1. The molecule has 0 saturated heterocycles. The quantitative estimate of drug-likeness (QED) is 0.792. The standard InChI is InChI=1S/C12H18N2/c1-2-10-5-3-7-12(10)14-11-6-4-8-13-9-11/h4,6,8-10,12,14H,2-3,5,7H2,1H3. The number of aromatic nitrogens is 1. The molecular formula is C12H18N2. The molecular weight excluding hydrogens is 172 g/mol. The Morgan fingerprint density at radius 1 is 1.50 bits per heavy atom. The summed E-state index contributed by atoms with van der Waals surface area (Å²) in [6.07, 6.45) is 9.08. The van der Waals surface area contributed by atoms with Crippen molar-refractivity contribution in [3.8, 4) is 0 Å². The fraction of sp³-hybridized carbons (Fsp3) is 0.583. The van der Waals surface area contributed by atoms with Crippen LogP contribution in [-0.2, 0) is 0 Å². The van der Waals surface area contributed by atoms with E-state index in [-0.39, 0.29) is 0 Å². The number of hydrogen-bond donors (Lipinski definition) is 1. The van der Waals surface area contributed by atoms with Crippen molar-refractivity contribution in [2.45, 2.75) is 38.6 Å². The summed E-state index contributed by atoms with van der Waals surface area (Å²) < 4.78 is 0. The van der Waals surface area contributed by atoms with Crippen LogP contribution in [0, 0.1) is 5.92 Å². The molecule has 1 fully saturated rings. The van der Waals surface area contributed by atoms with Crippen molar-refractivity contribution in [1.82, 2.24) is 4.98 Å². The monoisotopic (exact) mass is 190 g/mol. The van der Waals surface area contributed by atoms with Crippen molar-refractivity contribution < 1.29 is 0 Å². The second kappa shape index (κ2) is 4.45. The zero-order valence-electron chi connectivity index (χ0n) is 8.74. The third-order valence-corrected chi connectivity index (χ3v) is 3.20. The van der Waals surface area contributed by atoms with E-state index in [1.807, 2.05) is 18.5 Å². The highest BCUT2D eigenvalue weighted by atomic mass is 14.9. The van der Waals surface area contributed by atoms with Gasteiger partial charge >= 0.3 is 0 Å². The first-order chi connectivity index (χ1) is 6.90. The SMILES string of the molecule is CCC1CCCC1Nc1cccnc1. The van der Waals surface area contributed by atoms with E-state index < -0.39 is 0 Å². The zero-order valence-corrected chi connectivity index (χ0v) is 8.74. The minimum absolute atomic E-state index is 0.671. The average molecular weight is 190 g/mol. The van der Waals surface area contributed by atoms with Crippen LogP contribution in [0.4, 0.5) is 5.69 Å². The molecule has 1 aliphatic carbocycles. The molecule has 1 N–H and O–H groups in total. The zero-order chi connectivity index (χ0) is 9.80. The molecule has 0 spiro atoms.